The predicted octanol–water partition coefficient (Wildman–Crippen LogP) is 3.97. The van der Waals surface area contributed by atoms with Crippen LogP contribution in [0.3, 0.4) is 0 Å². The second-order valence-corrected chi connectivity index (χ2v) is 8.14. The number of hydrogen-bond donors (Lipinski definition) is 3. The van der Waals surface area contributed by atoms with Crippen LogP contribution in [-0.4, -0.2) is 40.3 Å². The van der Waals surface area contributed by atoms with Crippen molar-refractivity contribution in [1.82, 2.24) is 10.2 Å². The number of aliphatic hydroxyl groups excluding tert-OH is 1. The molecule has 0 aliphatic carbocycles. The lowest BCUT2D eigenvalue weighted by molar-refractivity contribution is 0.0579. The predicted molar refractivity (Wildman–Crippen MR) is 110 cm³/mol. The fourth-order valence-electron chi connectivity index (χ4n) is 4.48. The van der Waals surface area contributed by atoms with E-state index in [1.165, 1.54) is 5.56 Å². The number of phenols is 1. The highest BCUT2D eigenvalue weighted by atomic mass is 35.5. The van der Waals surface area contributed by atoms with Crippen LogP contribution in [-0.2, 0) is 6.54 Å². The molecule has 1 fully saturated rings. The van der Waals surface area contributed by atoms with E-state index in [4.69, 9.17) is 11.6 Å². The number of aromatic hydroxyl groups is 1. The van der Waals surface area contributed by atoms with E-state index in [1.54, 1.807) is 12.1 Å². The molecule has 1 saturated heterocycles. The zero-order chi connectivity index (χ0) is 19.4. The summed E-state index contributed by atoms with van der Waals surface area (Å²) >= 11 is 6.09. The number of rotatable bonds is 7. The molecule has 1 aliphatic heterocycles. The monoisotopic (exact) mass is 388 g/mol. The van der Waals surface area contributed by atoms with Crippen LogP contribution in [0.25, 0.3) is 0 Å². The van der Waals surface area contributed by atoms with Gasteiger partial charge < -0.3 is 15.5 Å². The molecule has 0 aromatic heterocycles. The quantitative estimate of drug-likeness (QED) is 0.671. The van der Waals surface area contributed by atoms with Gasteiger partial charge in [0, 0.05) is 29.7 Å². The van der Waals surface area contributed by atoms with Gasteiger partial charge in [0.05, 0.1) is 6.61 Å². The smallest absolute Gasteiger partial charge is 0.115 e. The number of halogens is 1. The molecule has 0 spiro atoms. The van der Waals surface area contributed by atoms with E-state index in [0.29, 0.717) is 18.2 Å². The molecule has 1 aliphatic rings. The summed E-state index contributed by atoms with van der Waals surface area (Å²) in [6.07, 6.45) is 0.928. The average molecular weight is 389 g/mol. The Labute approximate surface area is 166 Å². The van der Waals surface area contributed by atoms with E-state index in [1.807, 2.05) is 24.3 Å². The van der Waals surface area contributed by atoms with Crippen LogP contribution in [0.1, 0.15) is 37.4 Å². The van der Waals surface area contributed by atoms with Gasteiger partial charge in [0.25, 0.3) is 0 Å². The van der Waals surface area contributed by atoms with Gasteiger partial charge in [-0.25, -0.2) is 0 Å². The van der Waals surface area contributed by atoms with Crippen molar-refractivity contribution in [1.29, 1.82) is 0 Å². The molecule has 0 bridgehead atoms. The Balaban J connectivity index is 1.77. The summed E-state index contributed by atoms with van der Waals surface area (Å²) < 4.78 is 0. The normalized spacial score (nSPS) is 25.8. The van der Waals surface area contributed by atoms with Crippen molar-refractivity contribution in [3.05, 3.63) is 64.7 Å². The third-order valence-corrected chi connectivity index (χ3v) is 5.97. The molecule has 2 aromatic rings. The molecule has 1 heterocycles. The molecule has 0 amide bonds. The topological polar surface area (TPSA) is 55.7 Å². The maximum Gasteiger partial charge on any atom is 0.115 e. The first kappa shape index (κ1) is 20.2. The van der Waals surface area contributed by atoms with Crippen molar-refractivity contribution in [2.45, 2.75) is 38.4 Å². The Morgan fingerprint density at radius 2 is 1.96 bits per heavy atom. The lowest BCUT2D eigenvalue weighted by atomic mass is 9.90. The summed E-state index contributed by atoms with van der Waals surface area (Å²) in [6.45, 7) is 6.88. The molecule has 3 N–H and O–H groups in total. The second-order valence-electron chi connectivity index (χ2n) is 7.70. The summed E-state index contributed by atoms with van der Waals surface area (Å²) in [4.78, 5) is 2.41. The third-order valence-electron chi connectivity index (χ3n) is 5.72. The van der Waals surface area contributed by atoms with Crippen LogP contribution >= 0.6 is 11.6 Å². The van der Waals surface area contributed by atoms with Crippen LogP contribution in [0.4, 0.5) is 0 Å². The van der Waals surface area contributed by atoms with Gasteiger partial charge in [-0.05, 0) is 61.2 Å². The minimum absolute atomic E-state index is 0.147. The molecule has 2 aromatic carbocycles. The molecule has 27 heavy (non-hydrogen) atoms. The van der Waals surface area contributed by atoms with Crippen LogP contribution in [0.15, 0.2) is 48.5 Å². The molecule has 146 valence electrons. The Kier molecular flexibility index (Phi) is 6.43. The average Bonchev–Trinajstić information content (AvgIpc) is 2.95. The van der Waals surface area contributed by atoms with Gasteiger partial charge in [-0.2, -0.15) is 0 Å². The largest absolute Gasteiger partial charge is 0.508 e. The van der Waals surface area contributed by atoms with Crippen molar-refractivity contribution >= 4 is 11.6 Å². The number of hydrogen-bond acceptors (Lipinski definition) is 4. The summed E-state index contributed by atoms with van der Waals surface area (Å²) in [5, 5.41) is 24.0. The zero-order valence-electron chi connectivity index (χ0n) is 16.0. The van der Waals surface area contributed by atoms with Gasteiger partial charge in [0.2, 0.25) is 0 Å². The Bertz CT molecular complexity index is 752. The van der Waals surface area contributed by atoms with Crippen molar-refractivity contribution in [2.24, 2.45) is 5.92 Å². The third kappa shape index (κ3) is 4.46. The lowest BCUT2D eigenvalue weighted by Crippen LogP contribution is -2.45. The first-order valence-corrected chi connectivity index (χ1v) is 9.96. The molecule has 3 atom stereocenters. The fraction of sp³-hybridized carbons (Fsp3) is 0.455. The van der Waals surface area contributed by atoms with Gasteiger partial charge in [0.1, 0.15) is 5.75 Å². The molecule has 0 radical (unpaired) electrons. The number of nitrogens with zero attached hydrogens (tertiary/aromatic N) is 1. The number of benzene rings is 2. The number of phenolic OH excluding ortho intramolecular Hbond substituents is 1. The Hall–Kier alpha value is -1.59. The lowest BCUT2D eigenvalue weighted by Gasteiger charge is -2.37. The summed E-state index contributed by atoms with van der Waals surface area (Å²) in [7, 11) is 0. The van der Waals surface area contributed by atoms with E-state index in [-0.39, 0.29) is 18.2 Å². The first-order chi connectivity index (χ1) is 13.0. The molecule has 0 saturated carbocycles. The standard InChI is InChI=1S/C22H29ClN2O2/c1-3-25-21(17-7-9-19(23)10-8-17)18(12-22(25,2)15-26)14-24-13-16-5-4-6-20(27)11-16/h4-11,18,21,24,26-27H,3,12-15H2,1-2H3/t18-,21+,22+/m0/s1. The zero-order valence-corrected chi connectivity index (χ0v) is 16.8. The van der Waals surface area contributed by atoms with Crippen molar-refractivity contribution in [3.63, 3.8) is 0 Å². The molecular weight excluding hydrogens is 360 g/mol. The maximum atomic E-state index is 10.1. The highest BCUT2D eigenvalue weighted by Gasteiger charge is 2.47. The summed E-state index contributed by atoms with van der Waals surface area (Å²) in [5.41, 5.74) is 2.08. The Morgan fingerprint density at radius 1 is 1.22 bits per heavy atom. The summed E-state index contributed by atoms with van der Waals surface area (Å²) in [5.74, 6) is 0.666. The van der Waals surface area contributed by atoms with Gasteiger partial charge in [-0.15, -0.1) is 0 Å². The van der Waals surface area contributed by atoms with Crippen LogP contribution < -0.4 is 5.32 Å². The minimum atomic E-state index is -0.226. The van der Waals surface area contributed by atoms with Gasteiger partial charge in [-0.3, -0.25) is 4.90 Å². The SMILES string of the molecule is CCN1[C@H](c2ccc(Cl)cc2)[C@H](CNCc2cccc(O)c2)C[C@]1(C)CO. The molecule has 3 rings (SSSR count). The van der Waals surface area contributed by atoms with Crippen molar-refractivity contribution in [2.75, 3.05) is 19.7 Å². The van der Waals surface area contributed by atoms with E-state index < -0.39 is 0 Å². The maximum absolute atomic E-state index is 10.1. The fourth-order valence-corrected chi connectivity index (χ4v) is 4.61. The van der Waals surface area contributed by atoms with Gasteiger partial charge >= 0.3 is 0 Å². The summed E-state index contributed by atoms with van der Waals surface area (Å²) in [6, 6.07) is 15.7. The van der Waals surface area contributed by atoms with E-state index >= 15 is 0 Å². The minimum Gasteiger partial charge on any atom is -0.508 e. The number of likely N-dealkylation sites (N-methyl/N-ethyl adjacent to an activating group) is 1. The molecular formula is C22H29ClN2O2. The highest BCUT2D eigenvalue weighted by molar-refractivity contribution is 6.30. The van der Waals surface area contributed by atoms with Crippen molar-refractivity contribution in [3.8, 4) is 5.75 Å². The van der Waals surface area contributed by atoms with Gasteiger partial charge in [-0.1, -0.05) is 42.8 Å². The molecule has 0 unspecified atom stereocenters. The molecule has 4 nitrogen and oxygen atoms in total. The second kappa shape index (κ2) is 8.61. The molecule has 5 heteroatoms. The van der Waals surface area contributed by atoms with E-state index in [0.717, 1.165) is 30.1 Å². The van der Waals surface area contributed by atoms with Crippen LogP contribution in [0, 0.1) is 5.92 Å². The van der Waals surface area contributed by atoms with Crippen LogP contribution in [0.2, 0.25) is 5.02 Å². The number of likely N-dealkylation sites (tertiary alicyclic amines) is 1. The van der Waals surface area contributed by atoms with E-state index in [9.17, 15) is 10.2 Å². The number of aliphatic hydroxyl groups is 1. The highest BCUT2D eigenvalue weighted by Crippen LogP contribution is 2.46. The van der Waals surface area contributed by atoms with Crippen molar-refractivity contribution < 1.29 is 10.2 Å². The first-order valence-electron chi connectivity index (χ1n) is 9.58. The number of nitrogens with one attached hydrogen (secondary N) is 1. The van der Waals surface area contributed by atoms with Gasteiger partial charge in [0.15, 0.2) is 0 Å². The Morgan fingerprint density at radius 3 is 2.59 bits per heavy atom. The van der Waals surface area contributed by atoms with E-state index in [2.05, 4.69) is 36.2 Å². The van der Waals surface area contributed by atoms with Crippen LogP contribution in [0.5, 0.6) is 5.75 Å².